The minimum absolute atomic E-state index is 0.0629. The third kappa shape index (κ3) is 4.50. The molecule has 3 amide bonds. The number of unbranched alkanes of at least 4 members (excludes halogenated alkanes) is 1. The summed E-state index contributed by atoms with van der Waals surface area (Å²) in [5, 5.41) is 0.385. The molecule has 1 fully saturated rings. The number of amides is 3. The largest absolute Gasteiger partial charge is 0.383 e. The van der Waals surface area contributed by atoms with Crippen LogP contribution >= 0.6 is 11.6 Å². The van der Waals surface area contributed by atoms with Crippen molar-refractivity contribution >= 4 is 29.3 Å². The number of nitrogens with zero attached hydrogens (tertiary/aromatic N) is 2. The second-order valence-corrected chi connectivity index (χ2v) is 7.33. The summed E-state index contributed by atoms with van der Waals surface area (Å²) in [5.41, 5.74) is -0.733. The van der Waals surface area contributed by atoms with Gasteiger partial charge in [-0.25, -0.2) is 0 Å². The summed E-state index contributed by atoms with van der Waals surface area (Å²) in [6, 6.07) is 6.94. The minimum Gasteiger partial charge on any atom is -0.383 e. The first-order chi connectivity index (χ1) is 12.9. The van der Waals surface area contributed by atoms with E-state index in [1.807, 2.05) is 0 Å². The van der Waals surface area contributed by atoms with Gasteiger partial charge in [-0.15, -0.1) is 0 Å². The molecule has 27 heavy (non-hydrogen) atoms. The Morgan fingerprint density at radius 1 is 1.33 bits per heavy atom. The number of ether oxygens (including phenoxy) is 1. The molecule has 1 saturated heterocycles. The van der Waals surface area contributed by atoms with Crippen molar-refractivity contribution in [3.63, 3.8) is 0 Å². The highest BCUT2D eigenvalue weighted by molar-refractivity contribution is 6.32. The number of likely N-dealkylation sites (tertiary alicyclic amines) is 1. The summed E-state index contributed by atoms with van der Waals surface area (Å²) in [7, 11) is 3.24. The van der Waals surface area contributed by atoms with Crippen LogP contribution < -0.4 is 0 Å². The van der Waals surface area contributed by atoms with Crippen LogP contribution in [0.25, 0.3) is 0 Å². The molecule has 1 heterocycles. The fourth-order valence-electron chi connectivity index (χ4n) is 3.42. The van der Waals surface area contributed by atoms with Crippen LogP contribution in [0.4, 0.5) is 0 Å². The minimum atomic E-state index is -1.26. The lowest BCUT2D eigenvalue weighted by atomic mass is 9.75. The van der Waals surface area contributed by atoms with Crippen LogP contribution in [-0.2, 0) is 24.5 Å². The van der Waals surface area contributed by atoms with E-state index >= 15 is 0 Å². The smallest absolute Gasteiger partial charge is 0.241 e. The second kappa shape index (κ2) is 9.33. The van der Waals surface area contributed by atoms with E-state index in [4.69, 9.17) is 16.3 Å². The quantitative estimate of drug-likeness (QED) is 0.604. The third-order valence-electron chi connectivity index (χ3n) is 5.04. The molecule has 0 aromatic heterocycles. The van der Waals surface area contributed by atoms with Crippen molar-refractivity contribution in [3.8, 4) is 0 Å². The van der Waals surface area contributed by atoms with E-state index in [-0.39, 0.29) is 43.7 Å². The number of benzene rings is 1. The first-order valence-corrected chi connectivity index (χ1v) is 9.58. The van der Waals surface area contributed by atoms with E-state index in [0.29, 0.717) is 17.1 Å². The number of carbonyl (C=O) groups excluding carboxylic acids is 3. The summed E-state index contributed by atoms with van der Waals surface area (Å²) in [6.45, 7) is 3.08. The third-order valence-corrected chi connectivity index (χ3v) is 5.37. The molecule has 1 aromatic carbocycles. The number of hydrogen-bond donors (Lipinski definition) is 0. The molecule has 6 nitrogen and oxygen atoms in total. The maximum absolute atomic E-state index is 13.3. The van der Waals surface area contributed by atoms with Crippen LogP contribution in [0.1, 0.15) is 38.2 Å². The van der Waals surface area contributed by atoms with E-state index in [1.165, 1.54) is 12.0 Å². The fraction of sp³-hybridized carbons (Fsp3) is 0.550. The summed E-state index contributed by atoms with van der Waals surface area (Å²) in [5.74, 6) is -0.853. The average molecular weight is 395 g/mol. The molecule has 0 spiro atoms. The van der Waals surface area contributed by atoms with Crippen LogP contribution in [-0.4, -0.2) is 61.4 Å². The van der Waals surface area contributed by atoms with Gasteiger partial charge in [-0.05, 0) is 18.1 Å². The number of carbonyl (C=O) groups is 3. The highest BCUT2D eigenvalue weighted by Crippen LogP contribution is 2.43. The molecule has 1 atom stereocenters. The Balaban J connectivity index is 2.39. The SMILES string of the molecule is CCCCN(C)C(=O)C[C@]1(c2ccccc2Cl)CC(=O)N(CCOC)C1=O. The number of methoxy groups -OCH3 is 1. The zero-order valence-electron chi connectivity index (χ0n) is 16.2. The van der Waals surface area contributed by atoms with Gasteiger partial charge in [0.25, 0.3) is 0 Å². The van der Waals surface area contributed by atoms with Crippen LogP contribution in [0.5, 0.6) is 0 Å². The van der Waals surface area contributed by atoms with Crippen molar-refractivity contribution in [1.29, 1.82) is 0 Å². The van der Waals surface area contributed by atoms with Crippen LogP contribution in [0.2, 0.25) is 5.02 Å². The molecular formula is C20H27ClN2O4. The number of hydrogen-bond acceptors (Lipinski definition) is 4. The molecule has 1 aliphatic rings. The van der Waals surface area contributed by atoms with Crippen molar-refractivity contribution in [1.82, 2.24) is 9.80 Å². The number of rotatable bonds is 9. The Morgan fingerprint density at radius 2 is 2.04 bits per heavy atom. The van der Waals surface area contributed by atoms with E-state index in [2.05, 4.69) is 6.92 Å². The predicted molar refractivity (Wildman–Crippen MR) is 104 cm³/mol. The Labute approximate surface area is 165 Å². The monoisotopic (exact) mass is 394 g/mol. The summed E-state index contributed by atoms with van der Waals surface area (Å²) < 4.78 is 5.01. The Morgan fingerprint density at radius 3 is 2.67 bits per heavy atom. The normalized spacial score (nSPS) is 19.6. The van der Waals surface area contributed by atoms with Gasteiger partial charge in [-0.1, -0.05) is 43.1 Å². The zero-order valence-corrected chi connectivity index (χ0v) is 16.9. The molecule has 0 saturated carbocycles. The summed E-state index contributed by atoms with van der Waals surface area (Å²) >= 11 is 6.37. The topological polar surface area (TPSA) is 66.9 Å². The Bertz CT molecular complexity index is 709. The molecule has 7 heteroatoms. The van der Waals surface area contributed by atoms with Gasteiger partial charge in [-0.3, -0.25) is 19.3 Å². The number of halogens is 1. The van der Waals surface area contributed by atoms with Gasteiger partial charge >= 0.3 is 0 Å². The Hall–Kier alpha value is -1.92. The maximum atomic E-state index is 13.3. The molecule has 2 rings (SSSR count). The van der Waals surface area contributed by atoms with Crippen LogP contribution in [0, 0.1) is 0 Å². The van der Waals surface area contributed by atoms with E-state index in [1.54, 1.807) is 36.2 Å². The highest BCUT2D eigenvalue weighted by Gasteiger charge is 2.54. The molecule has 0 unspecified atom stereocenters. The van der Waals surface area contributed by atoms with E-state index in [0.717, 1.165) is 12.8 Å². The molecule has 0 radical (unpaired) electrons. The Kier molecular flexibility index (Phi) is 7.39. The average Bonchev–Trinajstić information content (AvgIpc) is 2.88. The van der Waals surface area contributed by atoms with Crippen molar-refractivity contribution in [3.05, 3.63) is 34.9 Å². The molecule has 1 aromatic rings. The lowest BCUT2D eigenvalue weighted by molar-refractivity contribution is -0.143. The first-order valence-electron chi connectivity index (χ1n) is 9.20. The zero-order chi connectivity index (χ0) is 20.0. The van der Waals surface area contributed by atoms with Gasteiger partial charge in [0.2, 0.25) is 17.7 Å². The summed E-state index contributed by atoms with van der Waals surface area (Å²) in [6.07, 6.45) is 1.71. The van der Waals surface area contributed by atoms with Gasteiger partial charge in [0, 0.05) is 38.6 Å². The van der Waals surface area contributed by atoms with Crippen molar-refractivity contribution in [2.24, 2.45) is 0 Å². The molecular weight excluding hydrogens is 368 g/mol. The predicted octanol–water partition coefficient (Wildman–Crippen LogP) is 2.63. The summed E-state index contributed by atoms with van der Waals surface area (Å²) in [4.78, 5) is 41.5. The number of imide groups is 1. The van der Waals surface area contributed by atoms with Crippen LogP contribution in [0.15, 0.2) is 24.3 Å². The first kappa shape index (κ1) is 21.4. The molecule has 0 bridgehead atoms. The van der Waals surface area contributed by atoms with E-state index in [9.17, 15) is 14.4 Å². The lowest BCUT2D eigenvalue weighted by Gasteiger charge is -2.30. The molecule has 0 N–H and O–H groups in total. The van der Waals surface area contributed by atoms with Crippen molar-refractivity contribution in [2.45, 2.75) is 38.0 Å². The highest BCUT2D eigenvalue weighted by atomic mass is 35.5. The maximum Gasteiger partial charge on any atom is 0.241 e. The molecule has 148 valence electrons. The lowest BCUT2D eigenvalue weighted by Crippen LogP contribution is -2.43. The van der Waals surface area contributed by atoms with Crippen LogP contribution in [0.3, 0.4) is 0 Å². The van der Waals surface area contributed by atoms with Gasteiger partial charge in [0.1, 0.15) is 0 Å². The van der Waals surface area contributed by atoms with Gasteiger partial charge in [0.05, 0.1) is 18.6 Å². The fourth-order valence-corrected chi connectivity index (χ4v) is 3.73. The van der Waals surface area contributed by atoms with Gasteiger partial charge < -0.3 is 9.64 Å². The van der Waals surface area contributed by atoms with Crippen molar-refractivity contribution in [2.75, 3.05) is 33.9 Å². The van der Waals surface area contributed by atoms with Gasteiger partial charge in [0.15, 0.2) is 0 Å². The molecule has 1 aliphatic heterocycles. The standard InChI is InChI=1S/C20H27ClN2O4/c1-4-5-10-22(2)17(24)13-20(15-8-6-7-9-16(15)21)14-18(25)23(19(20)26)11-12-27-3/h6-9H,4-5,10-14H2,1-3H3/t20-/m1/s1. The van der Waals surface area contributed by atoms with Gasteiger partial charge in [-0.2, -0.15) is 0 Å². The molecule has 0 aliphatic carbocycles. The second-order valence-electron chi connectivity index (χ2n) is 6.93. The van der Waals surface area contributed by atoms with Crippen molar-refractivity contribution < 1.29 is 19.1 Å². The van der Waals surface area contributed by atoms with E-state index < -0.39 is 5.41 Å².